The molecule has 2 heterocycles. The van der Waals surface area contributed by atoms with E-state index in [1.54, 1.807) is 20.4 Å². The van der Waals surface area contributed by atoms with E-state index in [4.69, 9.17) is 4.74 Å². The van der Waals surface area contributed by atoms with Gasteiger partial charge in [0.1, 0.15) is 11.6 Å². The molecule has 0 saturated carbocycles. The van der Waals surface area contributed by atoms with Gasteiger partial charge >= 0.3 is 0 Å². The van der Waals surface area contributed by atoms with Crippen molar-refractivity contribution < 1.29 is 4.74 Å². The first kappa shape index (κ1) is 14.8. The molecule has 2 aromatic heterocycles. The molecule has 0 atom stereocenters. The molecule has 2 N–H and O–H groups in total. The molecule has 116 valence electrons. The number of ether oxygens (including phenoxy) is 1. The summed E-state index contributed by atoms with van der Waals surface area (Å²) in [6, 6.07) is 15.2. The minimum absolute atomic E-state index is 0.526. The van der Waals surface area contributed by atoms with E-state index in [-0.39, 0.29) is 0 Å². The number of aromatic nitrogens is 3. The smallest absolute Gasteiger partial charge is 0.225 e. The average Bonchev–Trinajstić information content (AvgIpc) is 2.62. The summed E-state index contributed by atoms with van der Waals surface area (Å²) >= 11 is 0. The molecule has 0 unspecified atom stereocenters. The van der Waals surface area contributed by atoms with Crippen LogP contribution in [0.1, 0.15) is 0 Å². The van der Waals surface area contributed by atoms with Crippen molar-refractivity contribution in [3.05, 3.63) is 54.7 Å². The molecular formula is C17H17N5O. The molecule has 0 fully saturated rings. The van der Waals surface area contributed by atoms with Gasteiger partial charge in [-0.15, -0.1) is 0 Å². The fourth-order valence-corrected chi connectivity index (χ4v) is 2.12. The third-order valence-corrected chi connectivity index (χ3v) is 3.22. The van der Waals surface area contributed by atoms with E-state index < -0.39 is 0 Å². The fraction of sp³-hybridized carbons (Fsp3) is 0.118. The van der Waals surface area contributed by atoms with E-state index in [1.165, 1.54) is 0 Å². The molecular weight excluding hydrogens is 290 g/mol. The van der Waals surface area contributed by atoms with Gasteiger partial charge in [0.15, 0.2) is 0 Å². The lowest BCUT2D eigenvalue weighted by molar-refractivity contribution is 0.415. The average molecular weight is 307 g/mol. The van der Waals surface area contributed by atoms with Crippen LogP contribution < -0.4 is 15.4 Å². The molecule has 0 bridgehead atoms. The topological polar surface area (TPSA) is 72.0 Å². The van der Waals surface area contributed by atoms with E-state index in [0.717, 1.165) is 22.8 Å². The molecule has 3 aromatic rings. The van der Waals surface area contributed by atoms with Crippen LogP contribution in [0.15, 0.2) is 54.7 Å². The molecule has 1 aromatic carbocycles. The Morgan fingerprint density at radius 3 is 2.61 bits per heavy atom. The Morgan fingerprint density at radius 1 is 0.957 bits per heavy atom. The van der Waals surface area contributed by atoms with Crippen molar-refractivity contribution in [3.63, 3.8) is 0 Å². The van der Waals surface area contributed by atoms with Gasteiger partial charge in [0.2, 0.25) is 5.95 Å². The van der Waals surface area contributed by atoms with Gasteiger partial charge in [-0.2, -0.15) is 4.98 Å². The molecule has 3 rings (SSSR count). The molecule has 0 amide bonds. The van der Waals surface area contributed by atoms with Crippen LogP contribution in [0.2, 0.25) is 0 Å². The number of rotatable bonds is 5. The second kappa shape index (κ2) is 6.74. The Hall–Kier alpha value is -3.15. The maximum Gasteiger partial charge on any atom is 0.225 e. The van der Waals surface area contributed by atoms with Crippen molar-refractivity contribution in [2.75, 3.05) is 24.8 Å². The van der Waals surface area contributed by atoms with Crippen molar-refractivity contribution in [1.82, 2.24) is 15.0 Å². The van der Waals surface area contributed by atoms with Crippen molar-refractivity contribution in [2.24, 2.45) is 0 Å². The Kier molecular flexibility index (Phi) is 4.33. The van der Waals surface area contributed by atoms with Crippen LogP contribution in [0.25, 0.3) is 11.4 Å². The SMILES string of the molecule is CNc1nc(Nc2cccc(OC)c2)cc(-c2ccccn2)n1. The Labute approximate surface area is 134 Å². The Bertz CT molecular complexity index is 792. The zero-order chi connectivity index (χ0) is 16.1. The van der Waals surface area contributed by atoms with Crippen molar-refractivity contribution in [1.29, 1.82) is 0 Å². The number of pyridine rings is 1. The first-order chi connectivity index (χ1) is 11.3. The third-order valence-electron chi connectivity index (χ3n) is 3.22. The van der Waals surface area contributed by atoms with E-state index >= 15 is 0 Å². The lowest BCUT2D eigenvalue weighted by Gasteiger charge is -2.10. The molecule has 6 nitrogen and oxygen atoms in total. The van der Waals surface area contributed by atoms with Gasteiger partial charge in [-0.25, -0.2) is 4.98 Å². The summed E-state index contributed by atoms with van der Waals surface area (Å²) in [4.78, 5) is 13.2. The summed E-state index contributed by atoms with van der Waals surface area (Å²) in [6.45, 7) is 0. The second-order valence-corrected chi connectivity index (χ2v) is 4.78. The molecule has 23 heavy (non-hydrogen) atoms. The highest BCUT2D eigenvalue weighted by Gasteiger charge is 2.07. The number of nitrogens with zero attached hydrogens (tertiary/aromatic N) is 3. The highest BCUT2D eigenvalue weighted by atomic mass is 16.5. The molecule has 0 spiro atoms. The van der Waals surface area contributed by atoms with Crippen LogP contribution in [-0.2, 0) is 0 Å². The number of anilines is 3. The number of hydrogen-bond acceptors (Lipinski definition) is 6. The molecule has 0 saturated heterocycles. The van der Waals surface area contributed by atoms with Crippen LogP contribution in [0, 0.1) is 0 Å². The Balaban J connectivity index is 1.95. The maximum atomic E-state index is 5.24. The van der Waals surface area contributed by atoms with E-state index in [0.29, 0.717) is 11.8 Å². The third kappa shape index (κ3) is 3.55. The van der Waals surface area contributed by atoms with Crippen LogP contribution >= 0.6 is 0 Å². The van der Waals surface area contributed by atoms with Gasteiger partial charge in [0, 0.05) is 31.1 Å². The van der Waals surface area contributed by atoms with Crippen LogP contribution in [-0.4, -0.2) is 29.1 Å². The predicted molar refractivity (Wildman–Crippen MR) is 91.1 cm³/mol. The van der Waals surface area contributed by atoms with Gasteiger partial charge in [-0.3, -0.25) is 4.98 Å². The van der Waals surface area contributed by atoms with Gasteiger partial charge in [0.25, 0.3) is 0 Å². The molecule has 0 aliphatic heterocycles. The molecule has 0 aliphatic carbocycles. The van der Waals surface area contributed by atoms with E-state index in [9.17, 15) is 0 Å². The standard InChI is InChI=1S/C17H17N5O/c1-18-17-21-15(14-8-3-4-9-19-14)11-16(22-17)20-12-6-5-7-13(10-12)23-2/h3-11H,1-2H3,(H2,18,20,21,22). The summed E-state index contributed by atoms with van der Waals surface area (Å²) in [5, 5.41) is 6.24. The van der Waals surface area contributed by atoms with Crippen LogP contribution in [0.5, 0.6) is 5.75 Å². The first-order valence-corrected chi connectivity index (χ1v) is 7.18. The van der Waals surface area contributed by atoms with Crippen LogP contribution in [0.3, 0.4) is 0 Å². The predicted octanol–water partition coefficient (Wildman–Crippen LogP) is 3.33. The number of benzene rings is 1. The minimum atomic E-state index is 0.526. The van der Waals surface area contributed by atoms with Gasteiger partial charge in [-0.1, -0.05) is 12.1 Å². The lowest BCUT2D eigenvalue weighted by atomic mass is 10.2. The fourth-order valence-electron chi connectivity index (χ4n) is 2.12. The molecule has 6 heteroatoms. The highest BCUT2D eigenvalue weighted by Crippen LogP contribution is 2.24. The zero-order valence-corrected chi connectivity index (χ0v) is 12.9. The molecule has 0 radical (unpaired) electrons. The largest absolute Gasteiger partial charge is 0.497 e. The van der Waals surface area contributed by atoms with Gasteiger partial charge in [0.05, 0.1) is 18.5 Å². The molecule has 0 aliphatic rings. The van der Waals surface area contributed by atoms with Crippen molar-refractivity contribution in [3.8, 4) is 17.1 Å². The van der Waals surface area contributed by atoms with Crippen molar-refractivity contribution in [2.45, 2.75) is 0 Å². The Morgan fingerprint density at radius 2 is 1.87 bits per heavy atom. The first-order valence-electron chi connectivity index (χ1n) is 7.18. The van der Waals surface area contributed by atoms with Gasteiger partial charge < -0.3 is 15.4 Å². The minimum Gasteiger partial charge on any atom is -0.497 e. The highest BCUT2D eigenvalue weighted by molar-refractivity contribution is 5.65. The second-order valence-electron chi connectivity index (χ2n) is 4.78. The van der Waals surface area contributed by atoms with Gasteiger partial charge in [-0.05, 0) is 24.3 Å². The summed E-state index contributed by atoms with van der Waals surface area (Å²) in [5.74, 6) is 1.99. The normalized spacial score (nSPS) is 10.2. The summed E-state index contributed by atoms with van der Waals surface area (Å²) in [7, 11) is 3.43. The number of nitrogens with one attached hydrogen (secondary N) is 2. The number of hydrogen-bond donors (Lipinski definition) is 2. The number of methoxy groups -OCH3 is 1. The maximum absolute atomic E-state index is 5.24. The van der Waals surface area contributed by atoms with E-state index in [1.807, 2.05) is 48.5 Å². The summed E-state index contributed by atoms with van der Waals surface area (Å²) in [5.41, 5.74) is 2.42. The van der Waals surface area contributed by atoms with Crippen LogP contribution in [0.4, 0.5) is 17.5 Å². The monoisotopic (exact) mass is 307 g/mol. The van der Waals surface area contributed by atoms with Crippen molar-refractivity contribution >= 4 is 17.5 Å². The lowest BCUT2D eigenvalue weighted by Crippen LogP contribution is -2.02. The van der Waals surface area contributed by atoms with E-state index in [2.05, 4.69) is 25.6 Å². The summed E-state index contributed by atoms with van der Waals surface area (Å²) < 4.78 is 5.24. The quantitative estimate of drug-likeness (QED) is 0.753. The summed E-state index contributed by atoms with van der Waals surface area (Å²) in [6.07, 6.45) is 1.74. The zero-order valence-electron chi connectivity index (χ0n) is 12.9.